The van der Waals surface area contributed by atoms with Crippen LogP contribution in [0.5, 0.6) is 0 Å². The van der Waals surface area contributed by atoms with Crippen molar-refractivity contribution in [2.24, 2.45) is 0 Å². The second kappa shape index (κ2) is 9.07. The van der Waals surface area contributed by atoms with Crippen LogP contribution in [-0.2, 0) is 0 Å². The highest BCUT2D eigenvalue weighted by molar-refractivity contribution is 6.21. The molecule has 0 aliphatic rings. The van der Waals surface area contributed by atoms with Gasteiger partial charge in [0.15, 0.2) is 0 Å². The predicted octanol–water partition coefficient (Wildman–Crippen LogP) is 8.88. The maximum absolute atomic E-state index is 5.05. The van der Waals surface area contributed by atoms with E-state index < -0.39 is 0 Å². The summed E-state index contributed by atoms with van der Waals surface area (Å²) in [5.41, 5.74) is 8.43. The van der Waals surface area contributed by atoms with E-state index >= 15 is 0 Å². The molecule has 5 aromatic carbocycles. The second-order valence-corrected chi connectivity index (χ2v) is 9.95. The van der Waals surface area contributed by atoms with Gasteiger partial charge in [0.25, 0.3) is 0 Å². The molecule has 0 fully saturated rings. The summed E-state index contributed by atoms with van der Waals surface area (Å²) in [5, 5.41) is 6.97. The van der Waals surface area contributed by atoms with Crippen molar-refractivity contribution in [3.05, 3.63) is 134 Å². The third-order valence-corrected chi connectivity index (χ3v) is 7.68. The van der Waals surface area contributed by atoms with Crippen LogP contribution in [-0.4, -0.2) is 19.9 Å². The van der Waals surface area contributed by atoms with Crippen LogP contribution in [0.2, 0.25) is 0 Å². The van der Waals surface area contributed by atoms with E-state index in [1.54, 1.807) is 6.33 Å². The number of nitrogens with zero attached hydrogens (tertiary/aromatic N) is 4. The lowest BCUT2D eigenvalue weighted by Gasteiger charge is -2.17. The van der Waals surface area contributed by atoms with Crippen molar-refractivity contribution in [2.45, 2.75) is 0 Å². The van der Waals surface area contributed by atoms with Gasteiger partial charge in [0, 0.05) is 46.1 Å². The quantitative estimate of drug-likeness (QED) is 0.176. The number of fused-ring (bicyclic) bond motifs is 5. The summed E-state index contributed by atoms with van der Waals surface area (Å²) >= 11 is 0. The van der Waals surface area contributed by atoms with Gasteiger partial charge in [-0.15, -0.1) is 0 Å². The second-order valence-electron chi connectivity index (χ2n) is 9.95. The number of benzene rings is 5. The van der Waals surface area contributed by atoms with Gasteiger partial charge in [-0.3, -0.25) is 4.98 Å². The van der Waals surface area contributed by atoms with E-state index in [-0.39, 0.29) is 0 Å². The third-order valence-electron chi connectivity index (χ3n) is 7.68. The minimum atomic E-state index is 0.928. The summed E-state index contributed by atoms with van der Waals surface area (Å²) in [6.07, 6.45) is 7.19. The van der Waals surface area contributed by atoms with Crippen molar-refractivity contribution in [3.8, 4) is 33.5 Å². The highest BCUT2D eigenvalue weighted by Crippen LogP contribution is 2.43. The van der Waals surface area contributed by atoms with Crippen molar-refractivity contribution in [1.29, 1.82) is 0 Å². The molecule has 40 heavy (non-hydrogen) atoms. The molecule has 0 radical (unpaired) electrons. The molecule has 3 aromatic heterocycles. The van der Waals surface area contributed by atoms with Gasteiger partial charge in [-0.2, -0.15) is 0 Å². The van der Waals surface area contributed by atoms with Gasteiger partial charge in [0.2, 0.25) is 0 Å². The Kier molecular flexibility index (Phi) is 5.10. The van der Waals surface area contributed by atoms with E-state index in [9.17, 15) is 0 Å². The number of pyridine rings is 2. The largest absolute Gasteiger partial charge is 0.254 e. The molecule has 0 saturated carbocycles. The lowest BCUT2D eigenvalue weighted by molar-refractivity contribution is 1.17. The topological polar surface area (TPSA) is 51.6 Å². The summed E-state index contributed by atoms with van der Waals surface area (Å²) in [6.45, 7) is 0. The number of hydrogen-bond donors (Lipinski definition) is 0. The Bertz CT molecular complexity index is 2150. The van der Waals surface area contributed by atoms with Crippen LogP contribution >= 0.6 is 0 Å². The smallest absolute Gasteiger partial charge is 0.115 e. The first-order valence-electron chi connectivity index (χ1n) is 13.3. The van der Waals surface area contributed by atoms with Gasteiger partial charge in [-0.1, -0.05) is 97.1 Å². The molecule has 0 N–H and O–H groups in total. The first kappa shape index (κ1) is 22.5. The molecule has 8 aromatic rings. The van der Waals surface area contributed by atoms with Gasteiger partial charge in [0.05, 0.1) is 16.7 Å². The number of aromatic nitrogens is 4. The maximum Gasteiger partial charge on any atom is 0.115 e. The summed E-state index contributed by atoms with van der Waals surface area (Å²) in [6, 6.07) is 38.5. The van der Waals surface area contributed by atoms with Crippen LogP contribution in [0, 0.1) is 0 Å². The normalized spacial score (nSPS) is 11.5. The average Bonchev–Trinajstić information content (AvgIpc) is 3.04. The summed E-state index contributed by atoms with van der Waals surface area (Å²) < 4.78 is 0. The van der Waals surface area contributed by atoms with E-state index in [0.29, 0.717) is 0 Å². The molecule has 8 rings (SSSR count). The molecule has 0 saturated heterocycles. The Morgan fingerprint density at radius 2 is 0.975 bits per heavy atom. The van der Waals surface area contributed by atoms with Crippen LogP contribution < -0.4 is 0 Å². The van der Waals surface area contributed by atoms with Crippen LogP contribution in [0.3, 0.4) is 0 Å². The van der Waals surface area contributed by atoms with Crippen LogP contribution in [0.25, 0.3) is 76.9 Å². The zero-order chi connectivity index (χ0) is 26.5. The maximum atomic E-state index is 5.05. The lowest BCUT2D eigenvalue weighted by atomic mass is 9.86. The van der Waals surface area contributed by atoms with Gasteiger partial charge in [-0.05, 0) is 44.8 Å². The van der Waals surface area contributed by atoms with E-state index in [1.165, 1.54) is 32.7 Å². The van der Waals surface area contributed by atoms with Gasteiger partial charge in [0.1, 0.15) is 6.33 Å². The molecule has 0 atom stereocenters. The highest BCUT2D eigenvalue weighted by atomic mass is 14.8. The van der Waals surface area contributed by atoms with Gasteiger partial charge < -0.3 is 0 Å². The van der Waals surface area contributed by atoms with Crippen molar-refractivity contribution >= 4 is 43.4 Å². The Labute approximate surface area is 230 Å². The summed E-state index contributed by atoms with van der Waals surface area (Å²) in [5.74, 6) is 0. The number of hydrogen-bond acceptors (Lipinski definition) is 4. The Morgan fingerprint density at radius 1 is 0.425 bits per heavy atom. The molecule has 0 aliphatic carbocycles. The summed E-state index contributed by atoms with van der Waals surface area (Å²) in [7, 11) is 0. The van der Waals surface area contributed by atoms with Crippen molar-refractivity contribution in [2.75, 3.05) is 0 Å². The molecule has 3 heterocycles. The predicted molar refractivity (Wildman–Crippen MR) is 164 cm³/mol. The summed E-state index contributed by atoms with van der Waals surface area (Å²) in [4.78, 5) is 18.3. The number of rotatable bonds is 3. The van der Waals surface area contributed by atoms with Gasteiger partial charge >= 0.3 is 0 Å². The average molecular weight is 511 g/mol. The minimum Gasteiger partial charge on any atom is -0.254 e. The van der Waals surface area contributed by atoms with Crippen LogP contribution in [0.1, 0.15) is 0 Å². The van der Waals surface area contributed by atoms with E-state index in [4.69, 9.17) is 4.98 Å². The molecular formula is C36H22N4. The lowest BCUT2D eigenvalue weighted by Crippen LogP contribution is -1.92. The Hall–Kier alpha value is -5.48. The first-order chi connectivity index (χ1) is 19.8. The highest BCUT2D eigenvalue weighted by Gasteiger charge is 2.17. The first-order valence-corrected chi connectivity index (χ1v) is 13.3. The van der Waals surface area contributed by atoms with Crippen LogP contribution in [0.15, 0.2) is 134 Å². The zero-order valence-corrected chi connectivity index (χ0v) is 21.5. The molecule has 0 bridgehead atoms. The SMILES string of the molecule is c1cnc2c(c1)ccc1ccc(-c3ccc(-c4c5ccccc5c(-c5cncnc5)c5ccccc45)cc3)nc12. The molecule has 0 unspecified atom stereocenters. The van der Waals surface area contributed by atoms with E-state index in [2.05, 4.69) is 118 Å². The van der Waals surface area contributed by atoms with Crippen LogP contribution in [0.4, 0.5) is 0 Å². The molecule has 4 heteroatoms. The fraction of sp³-hybridized carbons (Fsp3) is 0. The molecule has 4 nitrogen and oxygen atoms in total. The molecule has 0 spiro atoms. The molecular weight excluding hydrogens is 488 g/mol. The zero-order valence-electron chi connectivity index (χ0n) is 21.5. The molecule has 0 aliphatic heterocycles. The fourth-order valence-corrected chi connectivity index (χ4v) is 5.87. The fourth-order valence-electron chi connectivity index (χ4n) is 5.87. The van der Waals surface area contributed by atoms with Crippen molar-refractivity contribution < 1.29 is 0 Å². The molecule has 186 valence electrons. The third kappa shape index (κ3) is 3.54. The Morgan fingerprint density at radius 3 is 1.62 bits per heavy atom. The Balaban J connectivity index is 1.31. The minimum absolute atomic E-state index is 0.928. The van der Waals surface area contributed by atoms with Crippen molar-refractivity contribution in [1.82, 2.24) is 19.9 Å². The van der Waals surface area contributed by atoms with E-state index in [0.717, 1.165) is 44.2 Å². The monoisotopic (exact) mass is 510 g/mol. The van der Waals surface area contributed by atoms with Gasteiger partial charge in [-0.25, -0.2) is 15.0 Å². The van der Waals surface area contributed by atoms with E-state index in [1.807, 2.05) is 24.7 Å². The standard InChI is InChI=1S/C36H22N4/c1-3-9-30-28(7-1)33(29-8-2-4-10-31(29)34(30)27-20-37-22-38-21-27)24-13-11-23(12-14-24)32-18-17-26-16-15-25-6-5-19-39-35(25)36(26)40-32/h1-22H. The molecule has 0 amide bonds. The van der Waals surface area contributed by atoms with Crippen molar-refractivity contribution in [3.63, 3.8) is 0 Å².